The molecule has 0 heterocycles. The van der Waals surface area contributed by atoms with E-state index in [1.54, 1.807) is 0 Å². The third kappa shape index (κ3) is 3.38. The van der Waals surface area contributed by atoms with Crippen LogP contribution in [0, 0.1) is 0 Å². The second-order valence-electron chi connectivity index (χ2n) is 2.31. The van der Waals surface area contributed by atoms with Gasteiger partial charge in [-0.1, -0.05) is 31.2 Å². The molecule has 0 unspecified atom stereocenters. The standard InChI is InChI=1S/C9H11Cl.Pd/c1-2-8-4-3-5-9(6-8)7-10;/h3-6H,2,7H2,1H3;. The van der Waals surface area contributed by atoms with Crippen LogP contribution in [0.5, 0.6) is 0 Å². The number of alkyl halides is 1. The summed E-state index contributed by atoms with van der Waals surface area (Å²) >= 11 is 5.66. The molecule has 1 aromatic rings. The summed E-state index contributed by atoms with van der Waals surface area (Å²) in [5, 5.41) is 0. The van der Waals surface area contributed by atoms with E-state index in [1.165, 1.54) is 11.1 Å². The van der Waals surface area contributed by atoms with Gasteiger partial charge in [0.25, 0.3) is 0 Å². The van der Waals surface area contributed by atoms with Crippen LogP contribution in [0.25, 0.3) is 0 Å². The molecule has 0 fully saturated rings. The molecular weight excluding hydrogens is 250 g/mol. The van der Waals surface area contributed by atoms with Crippen LogP contribution in [0.15, 0.2) is 24.3 Å². The summed E-state index contributed by atoms with van der Waals surface area (Å²) in [6.45, 7) is 2.15. The predicted molar refractivity (Wildman–Crippen MR) is 45.4 cm³/mol. The molecule has 0 spiro atoms. The van der Waals surface area contributed by atoms with Gasteiger partial charge in [0.2, 0.25) is 0 Å². The number of benzene rings is 1. The van der Waals surface area contributed by atoms with E-state index in [4.69, 9.17) is 11.6 Å². The van der Waals surface area contributed by atoms with Crippen LogP contribution in [0.1, 0.15) is 18.1 Å². The average molecular weight is 261 g/mol. The molecule has 0 radical (unpaired) electrons. The zero-order chi connectivity index (χ0) is 7.40. The summed E-state index contributed by atoms with van der Waals surface area (Å²) in [6, 6.07) is 8.37. The SMILES string of the molecule is CCc1cccc(CCl)c1.[Pd]. The molecule has 1 aromatic carbocycles. The topological polar surface area (TPSA) is 0 Å². The fourth-order valence-electron chi connectivity index (χ4n) is 0.933. The molecule has 0 aliphatic rings. The summed E-state index contributed by atoms with van der Waals surface area (Å²) in [5.74, 6) is 0.619. The Kier molecular flexibility index (Phi) is 5.87. The van der Waals surface area contributed by atoms with Crippen LogP contribution >= 0.6 is 11.6 Å². The summed E-state index contributed by atoms with van der Waals surface area (Å²) in [4.78, 5) is 0. The van der Waals surface area contributed by atoms with Gasteiger partial charge in [0.15, 0.2) is 0 Å². The van der Waals surface area contributed by atoms with Gasteiger partial charge in [0, 0.05) is 26.3 Å². The first-order chi connectivity index (χ1) is 4.86. The van der Waals surface area contributed by atoms with E-state index < -0.39 is 0 Å². The molecule has 0 atom stereocenters. The first-order valence-electron chi connectivity index (χ1n) is 3.50. The fourth-order valence-corrected chi connectivity index (χ4v) is 1.10. The van der Waals surface area contributed by atoms with Gasteiger partial charge in [-0.2, -0.15) is 0 Å². The molecule has 1 rings (SSSR count). The monoisotopic (exact) mass is 260 g/mol. The number of halogens is 1. The van der Waals surface area contributed by atoms with Crippen molar-refractivity contribution in [2.45, 2.75) is 19.2 Å². The molecular formula is C9H11ClPd. The minimum Gasteiger partial charge on any atom is -0.122 e. The number of hydrogen-bond donors (Lipinski definition) is 0. The van der Waals surface area contributed by atoms with Gasteiger partial charge < -0.3 is 0 Å². The van der Waals surface area contributed by atoms with E-state index in [0.717, 1.165) is 6.42 Å². The first-order valence-corrected chi connectivity index (χ1v) is 4.04. The summed E-state index contributed by atoms with van der Waals surface area (Å²) in [6.07, 6.45) is 1.09. The van der Waals surface area contributed by atoms with Crippen LogP contribution in [-0.4, -0.2) is 0 Å². The van der Waals surface area contributed by atoms with Crippen LogP contribution < -0.4 is 0 Å². The van der Waals surface area contributed by atoms with Crippen molar-refractivity contribution in [1.82, 2.24) is 0 Å². The quantitative estimate of drug-likeness (QED) is 0.567. The second kappa shape index (κ2) is 5.78. The fraction of sp³-hybridized carbons (Fsp3) is 0.333. The summed E-state index contributed by atoms with van der Waals surface area (Å²) in [7, 11) is 0. The Hall–Kier alpha value is 0.172. The zero-order valence-electron chi connectivity index (χ0n) is 6.42. The molecule has 0 aliphatic heterocycles. The average Bonchev–Trinajstić information content (AvgIpc) is 2.05. The van der Waals surface area contributed by atoms with Crippen molar-refractivity contribution >= 4 is 11.6 Å². The van der Waals surface area contributed by atoms with Crippen molar-refractivity contribution in [3.8, 4) is 0 Å². The van der Waals surface area contributed by atoms with Crippen LogP contribution in [-0.2, 0) is 32.7 Å². The summed E-state index contributed by atoms with van der Waals surface area (Å²) < 4.78 is 0. The van der Waals surface area contributed by atoms with Crippen molar-refractivity contribution < 1.29 is 20.4 Å². The molecule has 0 amide bonds. The van der Waals surface area contributed by atoms with Gasteiger partial charge in [-0.15, -0.1) is 11.6 Å². The first kappa shape index (κ1) is 11.2. The van der Waals surface area contributed by atoms with Gasteiger partial charge >= 0.3 is 0 Å². The van der Waals surface area contributed by atoms with E-state index in [-0.39, 0.29) is 20.4 Å². The Morgan fingerprint density at radius 3 is 2.45 bits per heavy atom. The molecule has 2 heteroatoms. The van der Waals surface area contributed by atoms with Gasteiger partial charge in [-0.25, -0.2) is 0 Å². The zero-order valence-corrected chi connectivity index (χ0v) is 8.73. The molecule has 0 bridgehead atoms. The molecule has 0 saturated heterocycles. The maximum absolute atomic E-state index is 5.66. The van der Waals surface area contributed by atoms with Crippen molar-refractivity contribution in [2.75, 3.05) is 0 Å². The molecule has 0 aliphatic carbocycles. The molecule has 0 N–H and O–H groups in total. The van der Waals surface area contributed by atoms with Crippen LogP contribution in [0.4, 0.5) is 0 Å². The smallest absolute Gasteiger partial charge is 0.0474 e. The van der Waals surface area contributed by atoms with E-state index in [0.29, 0.717) is 5.88 Å². The van der Waals surface area contributed by atoms with Gasteiger partial charge in [-0.3, -0.25) is 0 Å². The van der Waals surface area contributed by atoms with Crippen molar-refractivity contribution in [2.24, 2.45) is 0 Å². The Morgan fingerprint density at radius 1 is 1.27 bits per heavy atom. The largest absolute Gasteiger partial charge is 0.122 e. The Labute approximate surface area is 86.6 Å². The number of hydrogen-bond acceptors (Lipinski definition) is 0. The second-order valence-corrected chi connectivity index (χ2v) is 2.57. The normalized spacial score (nSPS) is 8.91. The van der Waals surface area contributed by atoms with E-state index in [1.807, 2.05) is 6.07 Å². The van der Waals surface area contributed by atoms with Crippen LogP contribution in [0.3, 0.4) is 0 Å². The molecule has 0 nitrogen and oxygen atoms in total. The van der Waals surface area contributed by atoms with E-state index in [9.17, 15) is 0 Å². The number of aryl methyl sites for hydroxylation is 1. The molecule has 64 valence electrons. The Bertz CT molecular complexity index is 191. The molecule has 0 saturated carbocycles. The van der Waals surface area contributed by atoms with E-state index in [2.05, 4.69) is 25.1 Å². The predicted octanol–water partition coefficient (Wildman–Crippen LogP) is 2.99. The summed E-state index contributed by atoms with van der Waals surface area (Å²) in [5.41, 5.74) is 2.57. The Morgan fingerprint density at radius 2 is 1.91 bits per heavy atom. The number of rotatable bonds is 2. The van der Waals surface area contributed by atoms with E-state index >= 15 is 0 Å². The Balaban J connectivity index is 0.000001000. The third-order valence-electron chi connectivity index (χ3n) is 1.55. The minimum atomic E-state index is 0. The maximum Gasteiger partial charge on any atom is 0.0474 e. The van der Waals surface area contributed by atoms with Crippen LogP contribution in [0.2, 0.25) is 0 Å². The molecule has 0 aromatic heterocycles. The van der Waals surface area contributed by atoms with Gasteiger partial charge in [-0.05, 0) is 17.5 Å². The maximum atomic E-state index is 5.66. The third-order valence-corrected chi connectivity index (χ3v) is 1.86. The van der Waals surface area contributed by atoms with Crippen molar-refractivity contribution in [3.63, 3.8) is 0 Å². The van der Waals surface area contributed by atoms with Crippen molar-refractivity contribution in [1.29, 1.82) is 0 Å². The minimum absolute atomic E-state index is 0. The van der Waals surface area contributed by atoms with Gasteiger partial charge in [0.05, 0.1) is 0 Å². The van der Waals surface area contributed by atoms with Gasteiger partial charge in [0.1, 0.15) is 0 Å². The van der Waals surface area contributed by atoms with Crippen molar-refractivity contribution in [3.05, 3.63) is 35.4 Å². The molecule has 11 heavy (non-hydrogen) atoms.